The van der Waals surface area contributed by atoms with Gasteiger partial charge in [-0.2, -0.15) is 0 Å². The van der Waals surface area contributed by atoms with Crippen molar-refractivity contribution in [2.45, 2.75) is 45.4 Å². The lowest BCUT2D eigenvalue weighted by Crippen LogP contribution is -2.19. The highest BCUT2D eigenvalue weighted by atomic mass is 79.9. The normalized spacial score (nSPS) is 14.0. The summed E-state index contributed by atoms with van der Waals surface area (Å²) in [6, 6.07) is 0. The Morgan fingerprint density at radius 3 is 1.33 bits per heavy atom. The molecule has 0 spiro atoms. The second-order valence-electron chi connectivity index (χ2n) is 4.46. The predicted octanol–water partition coefficient (Wildman–Crippen LogP) is 3.60. The predicted molar refractivity (Wildman–Crippen MR) is 47.1 cm³/mol. The van der Waals surface area contributed by atoms with Gasteiger partial charge in [-0.1, -0.05) is 50.5 Å². The van der Waals surface area contributed by atoms with Crippen molar-refractivity contribution < 1.29 is 0 Å². The van der Waals surface area contributed by atoms with E-state index in [4.69, 9.17) is 0 Å². The van der Waals surface area contributed by atoms with E-state index < -0.39 is 0 Å². The molecule has 0 radical (unpaired) electrons. The van der Waals surface area contributed by atoms with Crippen LogP contribution in [0, 0.1) is 5.41 Å². The number of hydrogen-bond donors (Lipinski definition) is 0. The molecule has 0 heterocycles. The summed E-state index contributed by atoms with van der Waals surface area (Å²) in [6.07, 6.45) is 1.21. The van der Waals surface area contributed by atoms with Crippen LogP contribution in [0.25, 0.3) is 0 Å². The van der Waals surface area contributed by atoms with Crippen molar-refractivity contribution in [2.24, 2.45) is 5.41 Å². The van der Waals surface area contributed by atoms with Crippen molar-refractivity contribution in [3.8, 4) is 0 Å². The van der Waals surface area contributed by atoms with Crippen LogP contribution in [0.2, 0.25) is 0 Å². The van der Waals surface area contributed by atoms with E-state index in [-0.39, 0.29) is 0 Å². The number of hydrogen-bond acceptors (Lipinski definition) is 0. The minimum atomic E-state index is 0.297. The smallest absolute Gasteiger partial charge is 0.0206 e. The number of rotatable bonds is 1. The van der Waals surface area contributed by atoms with Gasteiger partial charge in [-0.05, 0) is 11.8 Å². The van der Waals surface area contributed by atoms with Crippen molar-refractivity contribution >= 4 is 15.9 Å². The molecule has 0 rings (SSSR count). The zero-order chi connectivity index (χ0) is 7.71. The quantitative estimate of drug-likeness (QED) is 0.558. The topological polar surface area (TPSA) is 0 Å². The molecule has 56 valence electrons. The monoisotopic (exact) mass is 192 g/mol. The van der Waals surface area contributed by atoms with Gasteiger partial charge in [0, 0.05) is 4.32 Å². The second kappa shape index (κ2) is 2.61. The van der Waals surface area contributed by atoms with Gasteiger partial charge in [-0.3, -0.25) is 0 Å². The molecule has 0 aromatic carbocycles. The Kier molecular flexibility index (Phi) is 2.75. The summed E-state index contributed by atoms with van der Waals surface area (Å²) in [6.45, 7) is 11.2. The Morgan fingerprint density at radius 1 is 1.00 bits per heavy atom. The van der Waals surface area contributed by atoms with Gasteiger partial charge in [0.1, 0.15) is 0 Å². The van der Waals surface area contributed by atoms with Crippen molar-refractivity contribution in [3.63, 3.8) is 0 Å². The summed E-state index contributed by atoms with van der Waals surface area (Å²) in [5.41, 5.74) is 0.438. The van der Waals surface area contributed by atoms with Gasteiger partial charge in [0.05, 0.1) is 0 Å². The van der Waals surface area contributed by atoms with Crippen molar-refractivity contribution in [1.82, 2.24) is 0 Å². The molecule has 1 heteroatoms. The molecule has 0 aliphatic carbocycles. The van der Waals surface area contributed by atoms with E-state index in [1.807, 2.05) is 0 Å². The molecule has 0 unspecified atom stereocenters. The van der Waals surface area contributed by atoms with Crippen molar-refractivity contribution in [3.05, 3.63) is 0 Å². The van der Waals surface area contributed by atoms with Gasteiger partial charge in [-0.25, -0.2) is 0 Å². The maximum absolute atomic E-state index is 3.61. The third-order valence-electron chi connectivity index (χ3n) is 0.951. The fourth-order valence-corrected chi connectivity index (χ4v) is 2.10. The first kappa shape index (κ1) is 9.48. The van der Waals surface area contributed by atoms with E-state index in [0.717, 1.165) is 0 Å². The fraction of sp³-hybridized carbons (Fsp3) is 1.00. The summed E-state index contributed by atoms with van der Waals surface area (Å²) in [4.78, 5) is 0. The SMILES string of the molecule is CC(C)(C)CC(C)(C)Br. The zero-order valence-corrected chi connectivity index (χ0v) is 8.67. The minimum absolute atomic E-state index is 0.297. The van der Waals surface area contributed by atoms with E-state index in [9.17, 15) is 0 Å². The average molecular weight is 193 g/mol. The lowest BCUT2D eigenvalue weighted by molar-refractivity contribution is 0.343. The van der Waals surface area contributed by atoms with Gasteiger partial charge < -0.3 is 0 Å². The van der Waals surface area contributed by atoms with Crippen LogP contribution in [0.4, 0.5) is 0 Å². The standard InChI is InChI=1S/C8H17Br/c1-7(2,3)6-8(4,5)9/h6H2,1-5H3. The van der Waals surface area contributed by atoms with Gasteiger partial charge in [-0.15, -0.1) is 0 Å². The Bertz CT molecular complexity index is 69.7. The molecule has 0 fully saturated rings. The highest BCUT2D eigenvalue weighted by Gasteiger charge is 2.21. The van der Waals surface area contributed by atoms with E-state index in [2.05, 4.69) is 50.5 Å². The lowest BCUT2D eigenvalue weighted by Gasteiger charge is -2.26. The molecule has 0 amide bonds. The van der Waals surface area contributed by atoms with Gasteiger partial charge in [0.2, 0.25) is 0 Å². The Balaban J connectivity index is 3.75. The fourth-order valence-electron chi connectivity index (χ4n) is 1.26. The Hall–Kier alpha value is 0.480. The van der Waals surface area contributed by atoms with Gasteiger partial charge in [0.25, 0.3) is 0 Å². The van der Waals surface area contributed by atoms with Crippen molar-refractivity contribution in [1.29, 1.82) is 0 Å². The first-order valence-corrected chi connectivity index (χ1v) is 4.19. The maximum Gasteiger partial charge on any atom is 0.0206 e. The van der Waals surface area contributed by atoms with Crippen LogP contribution in [-0.2, 0) is 0 Å². The molecule has 0 saturated carbocycles. The van der Waals surface area contributed by atoms with Crippen LogP contribution in [0.1, 0.15) is 41.0 Å². The highest BCUT2D eigenvalue weighted by Crippen LogP contribution is 2.32. The molecule has 0 saturated heterocycles. The maximum atomic E-state index is 3.61. The van der Waals surface area contributed by atoms with E-state index in [1.54, 1.807) is 0 Å². The van der Waals surface area contributed by atoms with E-state index in [1.165, 1.54) is 6.42 Å². The van der Waals surface area contributed by atoms with Crippen LogP contribution < -0.4 is 0 Å². The lowest BCUT2D eigenvalue weighted by atomic mass is 9.86. The van der Waals surface area contributed by atoms with Crippen LogP contribution in [0.5, 0.6) is 0 Å². The Morgan fingerprint density at radius 2 is 1.33 bits per heavy atom. The molecule has 0 aromatic heterocycles. The summed E-state index contributed by atoms with van der Waals surface area (Å²) in [5, 5.41) is 0. The molecule has 0 aliphatic heterocycles. The molecular formula is C8H17Br. The van der Waals surface area contributed by atoms with Crippen LogP contribution in [0.3, 0.4) is 0 Å². The summed E-state index contributed by atoms with van der Waals surface area (Å²) in [5.74, 6) is 0. The van der Waals surface area contributed by atoms with Crippen molar-refractivity contribution in [2.75, 3.05) is 0 Å². The molecule has 0 aliphatic rings. The van der Waals surface area contributed by atoms with Gasteiger partial charge in [0.15, 0.2) is 0 Å². The van der Waals surface area contributed by atoms with Gasteiger partial charge >= 0.3 is 0 Å². The largest absolute Gasteiger partial charge is 0.0859 e. The molecule has 0 N–H and O–H groups in total. The minimum Gasteiger partial charge on any atom is -0.0859 e. The van der Waals surface area contributed by atoms with Crippen LogP contribution >= 0.6 is 15.9 Å². The molecule has 0 nitrogen and oxygen atoms in total. The molecular weight excluding hydrogens is 176 g/mol. The van der Waals surface area contributed by atoms with Crippen LogP contribution in [-0.4, -0.2) is 4.32 Å². The van der Waals surface area contributed by atoms with Crippen LogP contribution in [0.15, 0.2) is 0 Å². The highest BCUT2D eigenvalue weighted by molar-refractivity contribution is 9.10. The Labute approximate surface area is 67.2 Å². The molecule has 9 heavy (non-hydrogen) atoms. The summed E-state index contributed by atoms with van der Waals surface area (Å²) >= 11 is 3.61. The third kappa shape index (κ3) is 8.48. The first-order chi connectivity index (χ1) is 3.71. The zero-order valence-electron chi connectivity index (χ0n) is 7.09. The molecule has 0 bridgehead atoms. The van der Waals surface area contributed by atoms with E-state index in [0.29, 0.717) is 9.74 Å². The molecule has 0 aromatic rings. The molecule has 0 atom stereocenters. The van der Waals surface area contributed by atoms with E-state index >= 15 is 0 Å². The third-order valence-corrected chi connectivity index (χ3v) is 1.23. The summed E-state index contributed by atoms with van der Waals surface area (Å²) in [7, 11) is 0. The summed E-state index contributed by atoms with van der Waals surface area (Å²) < 4.78 is 0.297. The second-order valence-corrected chi connectivity index (χ2v) is 6.60. The number of alkyl halides is 1. The first-order valence-electron chi connectivity index (χ1n) is 3.40. The number of halogens is 1. The average Bonchev–Trinajstić information content (AvgIpc) is 1.14.